The predicted octanol–water partition coefficient (Wildman–Crippen LogP) is 2.79. The van der Waals surface area contributed by atoms with Crippen molar-refractivity contribution in [3.8, 4) is 0 Å². The van der Waals surface area contributed by atoms with Gasteiger partial charge in [-0.05, 0) is 12.8 Å². The molecule has 0 radical (unpaired) electrons. The monoisotopic (exact) mass is 318 g/mol. The van der Waals surface area contributed by atoms with Crippen molar-refractivity contribution in [3.63, 3.8) is 0 Å². The summed E-state index contributed by atoms with van der Waals surface area (Å²) in [5, 5.41) is 0. The van der Waals surface area contributed by atoms with E-state index < -0.39 is 17.8 Å². The molecule has 0 aromatic rings. The number of carbonyl (C=O) groups excluding carboxylic acids is 1. The number of halogens is 3. The molecule has 1 saturated carbocycles. The Kier molecular flexibility index (Phi) is 4.09. The Balaban J connectivity index is 2.94. The average molecular weight is 318 g/mol. The van der Waals surface area contributed by atoms with E-state index in [1.165, 1.54) is 7.11 Å². The largest absolute Gasteiger partial charge is 0.468 e. The van der Waals surface area contributed by atoms with Crippen molar-refractivity contribution < 1.29 is 18.3 Å². The van der Waals surface area contributed by atoms with Crippen LogP contribution in [0.4, 0.5) is 8.78 Å². The summed E-state index contributed by atoms with van der Waals surface area (Å²) in [7, 11) is 1.17. The van der Waals surface area contributed by atoms with Crippen LogP contribution in [0.25, 0.3) is 0 Å². The normalized spacial score (nSPS) is 33.1. The minimum Gasteiger partial charge on any atom is -0.468 e. The lowest BCUT2D eigenvalue weighted by atomic mass is 9.74. The summed E-state index contributed by atoms with van der Waals surface area (Å²) < 4.78 is 30.1. The SMILES string of the molecule is COC(=O)C1(C(F)F)CCCCC1I. The summed E-state index contributed by atoms with van der Waals surface area (Å²) >= 11 is 1.94. The molecule has 1 rings (SSSR count). The lowest BCUT2D eigenvalue weighted by Crippen LogP contribution is -2.48. The number of hydrogen-bond donors (Lipinski definition) is 0. The zero-order chi connectivity index (χ0) is 10.8. The second-order valence-corrected chi connectivity index (χ2v) is 5.05. The Labute approximate surface area is 95.5 Å². The zero-order valence-corrected chi connectivity index (χ0v) is 10.1. The van der Waals surface area contributed by atoms with Crippen LogP contribution >= 0.6 is 22.6 Å². The molecule has 0 N–H and O–H groups in total. The molecule has 0 saturated heterocycles. The van der Waals surface area contributed by atoms with Crippen LogP contribution in [0.5, 0.6) is 0 Å². The van der Waals surface area contributed by atoms with Crippen LogP contribution in [0.15, 0.2) is 0 Å². The number of alkyl halides is 3. The Bertz CT molecular complexity index is 223. The lowest BCUT2D eigenvalue weighted by Gasteiger charge is -2.37. The lowest BCUT2D eigenvalue weighted by molar-refractivity contribution is -0.165. The van der Waals surface area contributed by atoms with E-state index in [0.717, 1.165) is 6.42 Å². The van der Waals surface area contributed by atoms with Crippen molar-refractivity contribution in [2.45, 2.75) is 36.0 Å². The van der Waals surface area contributed by atoms with Crippen LogP contribution in [0.1, 0.15) is 25.7 Å². The minimum atomic E-state index is -2.63. The molecule has 1 aliphatic carbocycles. The number of hydrogen-bond acceptors (Lipinski definition) is 2. The molecule has 2 atom stereocenters. The highest BCUT2D eigenvalue weighted by molar-refractivity contribution is 14.1. The van der Waals surface area contributed by atoms with Gasteiger partial charge in [-0.25, -0.2) is 8.78 Å². The fraction of sp³-hybridized carbons (Fsp3) is 0.889. The third-order valence-corrected chi connectivity index (χ3v) is 4.55. The number of methoxy groups -OCH3 is 1. The molecule has 14 heavy (non-hydrogen) atoms. The summed E-state index contributed by atoms with van der Waals surface area (Å²) in [5.74, 6) is -0.758. The molecule has 2 unspecified atom stereocenters. The van der Waals surface area contributed by atoms with Gasteiger partial charge < -0.3 is 4.74 Å². The van der Waals surface area contributed by atoms with Gasteiger partial charge in [-0.15, -0.1) is 0 Å². The van der Waals surface area contributed by atoms with Gasteiger partial charge in [0.05, 0.1) is 7.11 Å². The highest BCUT2D eigenvalue weighted by atomic mass is 127. The molecule has 0 spiro atoms. The van der Waals surface area contributed by atoms with Gasteiger partial charge in [0.25, 0.3) is 6.43 Å². The van der Waals surface area contributed by atoms with Gasteiger partial charge in [0.1, 0.15) is 5.41 Å². The quantitative estimate of drug-likeness (QED) is 0.445. The second kappa shape index (κ2) is 4.72. The smallest absolute Gasteiger partial charge is 0.318 e. The molecule has 1 fully saturated rings. The Morgan fingerprint density at radius 3 is 2.64 bits per heavy atom. The van der Waals surface area contributed by atoms with E-state index in [1.807, 2.05) is 22.6 Å². The van der Waals surface area contributed by atoms with Crippen LogP contribution in [0.2, 0.25) is 0 Å². The van der Waals surface area contributed by atoms with Gasteiger partial charge >= 0.3 is 5.97 Å². The van der Waals surface area contributed by atoms with Crippen LogP contribution < -0.4 is 0 Å². The molecule has 0 bridgehead atoms. The van der Waals surface area contributed by atoms with Gasteiger partial charge in [0.2, 0.25) is 0 Å². The summed E-state index contributed by atoms with van der Waals surface area (Å²) in [6.07, 6.45) is -0.125. The molecule has 0 heterocycles. The fourth-order valence-electron chi connectivity index (χ4n) is 1.91. The standard InChI is InChI=1S/C9H13F2IO2/c1-14-8(13)9(7(10)11)5-3-2-4-6(9)12/h6-7H,2-5H2,1H3. The van der Waals surface area contributed by atoms with E-state index in [-0.39, 0.29) is 10.3 Å². The Morgan fingerprint density at radius 1 is 1.57 bits per heavy atom. The van der Waals surface area contributed by atoms with E-state index in [2.05, 4.69) is 4.74 Å². The summed E-state index contributed by atoms with van der Waals surface area (Å²) in [6, 6.07) is 0. The van der Waals surface area contributed by atoms with Gasteiger partial charge in [-0.3, -0.25) is 4.79 Å². The summed E-state index contributed by atoms with van der Waals surface area (Å²) in [6.45, 7) is 0. The Morgan fingerprint density at radius 2 is 2.21 bits per heavy atom. The van der Waals surface area contributed by atoms with Crippen molar-refractivity contribution >= 4 is 28.6 Å². The molecule has 0 amide bonds. The molecule has 1 aliphatic rings. The van der Waals surface area contributed by atoms with Gasteiger partial charge in [-0.1, -0.05) is 35.4 Å². The highest BCUT2D eigenvalue weighted by Crippen LogP contribution is 2.46. The maximum Gasteiger partial charge on any atom is 0.318 e. The first-order valence-electron chi connectivity index (χ1n) is 4.56. The molecule has 0 aliphatic heterocycles. The van der Waals surface area contributed by atoms with E-state index >= 15 is 0 Å². The first-order chi connectivity index (χ1) is 6.55. The van der Waals surface area contributed by atoms with Gasteiger partial charge in [-0.2, -0.15) is 0 Å². The maximum atomic E-state index is 13.0. The van der Waals surface area contributed by atoms with Crippen molar-refractivity contribution in [3.05, 3.63) is 0 Å². The van der Waals surface area contributed by atoms with E-state index in [0.29, 0.717) is 12.8 Å². The summed E-state index contributed by atoms with van der Waals surface area (Å²) in [5.41, 5.74) is -1.56. The molecular weight excluding hydrogens is 305 g/mol. The van der Waals surface area contributed by atoms with Crippen LogP contribution in [-0.2, 0) is 9.53 Å². The average Bonchev–Trinajstić information content (AvgIpc) is 2.17. The predicted molar refractivity (Wildman–Crippen MR) is 56.7 cm³/mol. The third kappa shape index (κ3) is 1.87. The molecule has 82 valence electrons. The number of rotatable bonds is 2. The summed E-state index contributed by atoms with van der Waals surface area (Å²) in [4.78, 5) is 11.4. The van der Waals surface area contributed by atoms with Crippen molar-refractivity contribution in [1.29, 1.82) is 0 Å². The van der Waals surface area contributed by atoms with E-state index in [1.54, 1.807) is 0 Å². The highest BCUT2D eigenvalue weighted by Gasteiger charge is 2.54. The van der Waals surface area contributed by atoms with E-state index in [9.17, 15) is 13.6 Å². The second-order valence-electron chi connectivity index (χ2n) is 3.55. The third-order valence-electron chi connectivity index (χ3n) is 2.81. The first kappa shape index (κ1) is 12.1. The van der Waals surface area contributed by atoms with Crippen molar-refractivity contribution in [1.82, 2.24) is 0 Å². The van der Waals surface area contributed by atoms with E-state index in [4.69, 9.17) is 0 Å². The molecule has 5 heteroatoms. The van der Waals surface area contributed by atoms with Crippen LogP contribution in [-0.4, -0.2) is 23.4 Å². The fourth-order valence-corrected chi connectivity index (χ4v) is 3.19. The number of esters is 1. The zero-order valence-electron chi connectivity index (χ0n) is 7.93. The van der Waals surface area contributed by atoms with Gasteiger partial charge in [0, 0.05) is 3.92 Å². The van der Waals surface area contributed by atoms with Gasteiger partial charge in [0.15, 0.2) is 0 Å². The van der Waals surface area contributed by atoms with Crippen molar-refractivity contribution in [2.75, 3.05) is 7.11 Å². The number of carbonyl (C=O) groups is 1. The van der Waals surface area contributed by atoms with Crippen LogP contribution in [0, 0.1) is 5.41 Å². The minimum absolute atomic E-state index is 0.241. The van der Waals surface area contributed by atoms with Crippen molar-refractivity contribution in [2.24, 2.45) is 5.41 Å². The topological polar surface area (TPSA) is 26.3 Å². The maximum absolute atomic E-state index is 13.0. The molecule has 0 aromatic carbocycles. The molecule has 0 aromatic heterocycles. The Hall–Kier alpha value is 0.0600. The number of ether oxygens (including phenoxy) is 1. The first-order valence-corrected chi connectivity index (χ1v) is 5.81. The van der Waals surface area contributed by atoms with Crippen LogP contribution in [0.3, 0.4) is 0 Å². The molecular formula is C9H13F2IO2. The molecule has 2 nitrogen and oxygen atoms in total.